The smallest absolute Gasteiger partial charge is 0.273 e. The van der Waals surface area contributed by atoms with Gasteiger partial charge in [0, 0.05) is 55.3 Å². The van der Waals surface area contributed by atoms with Gasteiger partial charge in [0.2, 0.25) is 5.91 Å². The Morgan fingerprint density at radius 2 is 1.94 bits per heavy atom. The summed E-state index contributed by atoms with van der Waals surface area (Å²) in [6.07, 6.45) is 6.43. The minimum Gasteiger partial charge on any atom is -0.360 e. The van der Waals surface area contributed by atoms with Gasteiger partial charge in [-0.15, -0.1) is 0 Å². The van der Waals surface area contributed by atoms with E-state index in [0.29, 0.717) is 31.1 Å². The van der Waals surface area contributed by atoms with Crippen molar-refractivity contribution in [3.8, 4) is 0 Å². The van der Waals surface area contributed by atoms with Gasteiger partial charge in [-0.05, 0) is 50.8 Å². The Morgan fingerprint density at radius 3 is 2.67 bits per heavy atom. The summed E-state index contributed by atoms with van der Waals surface area (Å²) in [4.78, 5) is 27.7. The van der Waals surface area contributed by atoms with Crippen molar-refractivity contribution in [2.45, 2.75) is 50.1 Å². The third-order valence-electron chi connectivity index (χ3n) is 6.93. The number of aryl methyl sites for hydroxylation is 1. The summed E-state index contributed by atoms with van der Waals surface area (Å²) in [5, 5.41) is 11.4. The molecule has 0 spiro atoms. The van der Waals surface area contributed by atoms with Crippen LogP contribution < -0.4 is 10.6 Å². The fourth-order valence-corrected chi connectivity index (χ4v) is 4.80. The van der Waals surface area contributed by atoms with Gasteiger partial charge >= 0.3 is 0 Å². The maximum Gasteiger partial charge on any atom is 0.273 e. The quantitative estimate of drug-likeness (QED) is 0.579. The second-order valence-electron chi connectivity index (χ2n) is 9.29. The van der Waals surface area contributed by atoms with E-state index in [9.17, 15) is 9.59 Å². The van der Waals surface area contributed by atoms with E-state index in [4.69, 9.17) is 4.52 Å². The molecular formula is C25H31N5O3. The molecule has 2 N–H and O–H groups in total. The molecule has 2 aromatic heterocycles. The van der Waals surface area contributed by atoms with Crippen molar-refractivity contribution < 1.29 is 14.1 Å². The summed E-state index contributed by atoms with van der Waals surface area (Å²) in [5.74, 6) is 1.16. The standard InChI is InChI=1S/C25H31N5O3/c1-26-21(13-17-15-29(2)22-6-4-3-5-19(17)22)25(32)30-11-9-18(10-12-30)27-24(31)20-14-23(33-28-20)16-7-8-16/h3-6,14-16,18,21,26H,7-13H2,1-2H3,(H,27,31)/t21-/m0/s1. The first kappa shape index (κ1) is 21.7. The summed E-state index contributed by atoms with van der Waals surface area (Å²) in [6, 6.07) is 9.79. The van der Waals surface area contributed by atoms with E-state index in [1.165, 1.54) is 16.5 Å². The molecule has 174 valence electrons. The van der Waals surface area contributed by atoms with E-state index < -0.39 is 0 Å². The van der Waals surface area contributed by atoms with Crippen LogP contribution in [0.4, 0.5) is 0 Å². The molecule has 3 aromatic rings. The second kappa shape index (κ2) is 9.02. The SMILES string of the molecule is CN[C@@H](Cc1cn(C)c2ccccc12)C(=O)N1CCC(NC(=O)c2cc(C3CC3)on2)CC1. The Bertz CT molecular complexity index is 1150. The largest absolute Gasteiger partial charge is 0.360 e. The summed E-state index contributed by atoms with van der Waals surface area (Å²) >= 11 is 0. The number of fused-ring (bicyclic) bond motifs is 1. The first-order valence-electron chi connectivity index (χ1n) is 11.8. The van der Waals surface area contributed by atoms with E-state index in [1.54, 1.807) is 6.07 Å². The molecule has 1 aliphatic carbocycles. The summed E-state index contributed by atoms with van der Waals surface area (Å²) in [7, 11) is 3.88. The molecule has 1 aliphatic heterocycles. The van der Waals surface area contributed by atoms with Gasteiger partial charge in [0.1, 0.15) is 5.76 Å². The normalized spacial score (nSPS) is 17.9. The van der Waals surface area contributed by atoms with Crippen molar-refractivity contribution in [3.63, 3.8) is 0 Å². The minimum atomic E-state index is -0.280. The number of aromatic nitrogens is 2. The maximum atomic E-state index is 13.2. The average molecular weight is 450 g/mol. The van der Waals surface area contributed by atoms with Crippen LogP contribution in [0, 0.1) is 0 Å². The number of nitrogens with zero attached hydrogens (tertiary/aromatic N) is 3. The number of hydrogen-bond acceptors (Lipinski definition) is 5. The first-order valence-corrected chi connectivity index (χ1v) is 11.8. The maximum absolute atomic E-state index is 13.2. The van der Waals surface area contributed by atoms with E-state index in [0.717, 1.165) is 31.4 Å². The van der Waals surface area contributed by atoms with Crippen LogP contribution >= 0.6 is 0 Å². The van der Waals surface area contributed by atoms with E-state index in [-0.39, 0.29) is 23.9 Å². The van der Waals surface area contributed by atoms with Crippen LogP contribution in [-0.2, 0) is 18.3 Å². The monoisotopic (exact) mass is 449 g/mol. The number of rotatable bonds is 7. The lowest BCUT2D eigenvalue weighted by Gasteiger charge is -2.34. The molecule has 1 saturated carbocycles. The molecule has 3 heterocycles. The molecule has 1 aromatic carbocycles. The van der Waals surface area contributed by atoms with Crippen molar-refractivity contribution in [2.24, 2.45) is 7.05 Å². The lowest BCUT2D eigenvalue weighted by molar-refractivity contribution is -0.134. The number of hydrogen-bond donors (Lipinski definition) is 2. The minimum absolute atomic E-state index is 0.0359. The zero-order valence-corrected chi connectivity index (χ0v) is 19.2. The molecule has 2 aliphatic rings. The van der Waals surface area contributed by atoms with Crippen molar-refractivity contribution in [1.82, 2.24) is 25.3 Å². The number of carbonyl (C=O) groups excluding carboxylic acids is 2. The summed E-state index contributed by atoms with van der Waals surface area (Å²) in [5.41, 5.74) is 2.68. The molecule has 8 heteroatoms. The molecule has 2 amide bonds. The Kier molecular flexibility index (Phi) is 5.93. The second-order valence-corrected chi connectivity index (χ2v) is 9.29. The van der Waals surface area contributed by atoms with E-state index >= 15 is 0 Å². The van der Waals surface area contributed by atoms with Gasteiger partial charge in [-0.2, -0.15) is 0 Å². The number of carbonyl (C=O) groups is 2. The molecule has 0 bridgehead atoms. The fourth-order valence-electron chi connectivity index (χ4n) is 4.80. The summed E-state index contributed by atoms with van der Waals surface area (Å²) < 4.78 is 7.40. The molecule has 33 heavy (non-hydrogen) atoms. The van der Waals surface area contributed by atoms with E-state index in [2.05, 4.69) is 38.7 Å². The van der Waals surface area contributed by atoms with Crippen molar-refractivity contribution >= 4 is 22.7 Å². The predicted molar refractivity (Wildman–Crippen MR) is 125 cm³/mol. The highest BCUT2D eigenvalue weighted by Gasteiger charge is 2.31. The third-order valence-corrected chi connectivity index (χ3v) is 6.93. The highest BCUT2D eigenvalue weighted by atomic mass is 16.5. The van der Waals surface area contributed by atoms with Gasteiger partial charge < -0.3 is 24.6 Å². The van der Waals surface area contributed by atoms with Crippen molar-refractivity contribution in [1.29, 1.82) is 0 Å². The van der Waals surface area contributed by atoms with E-state index in [1.807, 2.05) is 31.1 Å². The van der Waals surface area contributed by atoms with Crippen LogP contribution in [0.2, 0.25) is 0 Å². The molecule has 2 fully saturated rings. The molecule has 1 atom stereocenters. The number of likely N-dealkylation sites (N-methyl/N-ethyl adjacent to an activating group) is 1. The van der Waals surface area contributed by atoms with Gasteiger partial charge in [-0.3, -0.25) is 9.59 Å². The lowest BCUT2D eigenvalue weighted by Crippen LogP contribution is -2.52. The van der Waals surface area contributed by atoms with Crippen LogP contribution in [0.15, 0.2) is 41.1 Å². The first-order chi connectivity index (χ1) is 16.0. The van der Waals surface area contributed by atoms with Crippen molar-refractivity contribution in [3.05, 3.63) is 53.5 Å². The predicted octanol–water partition coefficient (Wildman–Crippen LogP) is 2.60. The van der Waals surface area contributed by atoms with Gasteiger partial charge in [-0.1, -0.05) is 23.4 Å². The van der Waals surface area contributed by atoms with Gasteiger partial charge in [-0.25, -0.2) is 0 Å². The van der Waals surface area contributed by atoms with Gasteiger partial charge in [0.25, 0.3) is 5.91 Å². The van der Waals surface area contributed by atoms with Gasteiger partial charge in [0.05, 0.1) is 6.04 Å². The number of benzene rings is 1. The third kappa shape index (κ3) is 4.53. The highest BCUT2D eigenvalue weighted by Crippen LogP contribution is 2.40. The highest BCUT2D eigenvalue weighted by molar-refractivity contribution is 5.92. The zero-order chi connectivity index (χ0) is 22.9. The lowest BCUT2D eigenvalue weighted by atomic mass is 10.0. The van der Waals surface area contributed by atoms with Gasteiger partial charge in [0.15, 0.2) is 5.69 Å². The fraction of sp³-hybridized carbons (Fsp3) is 0.480. The Hall–Kier alpha value is -3.13. The van der Waals surface area contributed by atoms with Crippen molar-refractivity contribution in [2.75, 3.05) is 20.1 Å². The van der Waals surface area contributed by atoms with Crippen LogP contribution in [0.25, 0.3) is 10.9 Å². The number of piperidine rings is 1. The number of likely N-dealkylation sites (tertiary alicyclic amines) is 1. The summed E-state index contributed by atoms with van der Waals surface area (Å²) in [6.45, 7) is 1.26. The molecule has 8 nitrogen and oxygen atoms in total. The average Bonchev–Trinajstić information content (AvgIpc) is 3.48. The number of para-hydroxylation sites is 1. The van der Waals surface area contributed by atoms with Crippen LogP contribution in [0.3, 0.4) is 0 Å². The number of amides is 2. The molecule has 0 unspecified atom stereocenters. The topological polar surface area (TPSA) is 92.4 Å². The molecular weight excluding hydrogens is 418 g/mol. The van der Waals surface area contributed by atoms with Crippen LogP contribution in [0.5, 0.6) is 0 Å². The van der Waals surface area contributed by atoms with Crippen LogP contribution in [-0.4, -0.2) is 58.7 Å². The Morgan fingerprint density at radius 1 is 1.18 bits per heavy atom. The van der Waals surface area contributed by atoms with Crippen LogP contribution in [0.1, 0.15) is 53.4 Å². The Balaban J connectivity index is 1.16. The zero-order valence-electron chi connectivity index (χ0n) is 19.2. The Labute approximate surface area is 193 Å². The molecule has 0 radical (unpaired) electrons. The number of nitrogens with one attached hydrogen (secondary N) is 2. The molecule has 5 rings (SSSR count). The molecule has 1 saturated heterocycles.